The highest BCUT2D eigenvalue weighted by Gasteiger charge is 2.64. The second kappa shape index (κ2) is 17.4. The van der Waals surface area contributed by atoms with Crippen LogP contribution in [0.5, 0.6) is 11.5 Å². The predicted octanol–water partition coefficient (Wildman–Crippen LogP) is 5.65. The number of rotatable bonds is 13. The number of nitriles is 1. The van der Waals surface area contributed by atoms with Crippen molar-refractivity contribution in [3.8, 4) is 17.6 Å². The summed E-state index contributed by atoms with van der Waals surface area (Å²) in [7, 11) is 0. The van der Waals surface area contributed by atoms with Gasteiger partial charge in [-0.1, -0.05) is 27.7 Å². The average molecular weight is 833 g/mol. The second-order valence-electron chi connectivity index (χ2n) is 18.9. The molecule has 2 aliphatic heterocycles. The SMILES string of the molecule is Cc1cc(O[C@H]2C(C)(C)[C@H](NC(=O)c3cnc(N4CCC(CN(C(C)C)[C@H]5C[C@H](Oc6ccc(C(=O)NC7CCC(=O)NC7=O)cc6)C5)CC4)cn3)C2(C)C)cc(C)c1C#N. The fourth-order valence-electron chi connectivity index (χ4n) is 10.2. The van der Waals surface area contributed by atoms with Gasteiger partial charge in [-0.25, -0.2) is 9.97 Å². The third-order valence-corrected chi connectivity index (χ3v) is 13.4. The second-order valence-corrected chi connectivity index (χ2v) is 18.9. The van der Waals surface area contributed by atoms with E-state index in [4.69, 9.17) is 9.47 Å². The number of carbonyl (C=O) groups is 4. The molecule has 0 radical (unpaired) electrons. The number of imide groups is 1. The first kappa shape index (κ1) is 43.5. The molecule has 4 fully saturated rings. The molecular formula is C47H60N8O6. The van der Waals surface area contributed by atoms with Crippen LogP contribution in [0, 0.1) is 41.9 Å². The minimum absolute atomic E-state index is 0.103. The molecule has 2 aromatic carbocycles. The lowest BCUT2D eigenvalue weighted by Crippen LogP contribution is -2.74. The molecule has 1 aromatic heterocycles. The number of piperidine rings is 2. The Kier molecular flexibility index (Phi) is 12.4. The number of nitrogens with one attached hydrogen (secondary N) is 3. The summed E-state index contributed by atoms with van der Waals surface area (Å²) >= 11 is 0. The number of nitrogens with zero attached hydrogens (tertiary/aromatic N) is 5. The maximum absolute atomic E-state index is 13.5. The van der Waals surface area contributed by atoms with Crippen molar-refractivity contribution in [2.45, 2.75) is 130 Å². The summed E-state index contributed by atoms with van der Waals surface area (Å²) in [5, 5.41) is 17.7. The zero-order chi connectivity index (χ0) is 43.8. The van der Waals surface area contributed by atoms with E-state index in [0.717, 1.165) is 68.0 Å². The van der Waals surface area contributed by atoms with Gasteiger partial charge in [0.15, 0.2) is 0 Å². The van der Waals surface area contributed by atoms with E-state index in [0.29, 0.717) is 41.3 Å². The molecule has 7 rings (SSSR count). The van der Waals surface area contributed by atoms with Gasteiger partial charge in [0.05, 0.1) is 24.0 Å². The van der Waals surface area contributed by atoms with Gasteiger partial charge in [0, 0.05) is 73.4 Å². The summed E-state index contributed by atoms with van der Waals surface area (Å²) in [6.07, 6.45) is 7.70. The zero-order valence-corrected chi connectivity index (χ0v) is 36.7. The van der Waals surface area contributed by atoms with Crippen LogP contribution in [0.15, 0.2) is 48.8 Å². The number of carbonyl (C=O) groups excluding carboxylic acids is 4. The number of amides is 4. The van der Waals surface area contributed by atoms with Crippen molar-refractivity contribution in [2.75, 3.05) is 24.5 Å². The number of aromatic nitrogens is 2. The highest BCUT2D eigenvalue weighted by molar-refractivity contribution is 6.03. The molecule has 3 heterocycles. The Hall–Kier alpha value is -5.55. The first-order valence-electron chi connectivity index (χ1n) is 21.7. The van der Waals surface area contributed by atoms with Crippen LogP contribution in [0.25, 0.3) is 0 Å². The Labute approximate surface area is 359 Å². The highest BCUT2D eigenvalue weighted by atomic mass is 16.5. The molecule has 4 aliphatic rings. The van der Waals surface area contributed by atoms with Crippen LogP contribution in [0.3, 0.4) is 0 Å². The molecule has 3 N–H and O–H groups in total. The van der Waals surface area contributed by atoms with Crippen LogP contribution in [0.2, 0.25) is 0 Å². The van der Waals surface area contributed by atoms with E-state index >= 15 is 0 Å². The van der Waals surface area contributed by atoms with Crippen LogP contribution in [0.4, 0.5) is 5.82 Å². The molecule has 2 saturated carbocycles. The first-order chi connectivity index (χ1) is 28.9. The lowest BCUT2D eigenvalue weighted by Gasteiger charge is -2.63. The topological polar surface area (TPSA) is 179 Å². The smallest absolute Gasteiger partial charge is 0.271 e. The summed E-state index contributed by atoms with van der Waals surface area (Å²) in [6.45, 7) is 19.6. The average Bonchev–Trinajstić information content (AvgIpc) is 3.20. The fourth-order valence-corrected chi connectivity index (χ4v) is 10.2. The van der Waals surface area contributed by atoms with E-state index in [9.17, 15) is 24.4 Å². The van der Waals surface area contributed by atoms with E-state index in [1.54, 1.807) is 36.7 Å². The van der Waals surface area contributed by atoms with Gasteiger partial charge in [-0.15, -0.1) is 0 Å². The molecule has 0 bridgehead atoms. The van der Waals surface area contributed by atoms with Gasteiger partial charge in [0.2, 0.25) is 11.8 Å². The Balaban J connectivity index is 0.845. The lowest BCUT2D eigenvalue weighted by molar-refractivity contribution is -0.164. The maximum Gasteiger partial charge on any atom is 0.271 e. The lowest BCUT2D eigenvalue weighted by atomic mass is 9.49. The van der Waals surface area contributed by atoms with Crippen LogP contribution in [-0.4, -0.2) is 94.5 Å². The first-order valence-corrected chi connectivity index (χ1v) is 21.7. The maximum atomic E-state index is 13.5. The van der Waals surface area contributed by atoms with Crippen molar-refractivity contribution >= 4 is 29.4 Å². The highest BCUT2D eigenvalue weighted by Crippen LogP contribution is 2.55. The molecule has 1 atom stereocenters. The number of benzene rings is 2. The van der Waals surface area contributed by atoms with Gasteiger partial charge in [0.25, 0.3) is 11.8 Å². The van der Waals surface area contributed by atoms with Crippen molar-refractivity contribution in [1.29, 1.82) is 5.26 Å². The number of hydrogen-bond donors (Lipinski definition) is 3. The largest absolute Gasteiger partial charge is 0.490 e. The van der Waals surface area contributed by atoms with Gasteiger partial charge in [-0.05, 0) is 100 Å². The number of anilines is 1. The Morgan fingerprint density at radius 1 is 0.918 bits per heavy atom. The Morgan fingerprint density at radius 2 is 1.57 bits per heavy atom. The molecule has 0 spiro atoms. The van der Waals surface area contributed by atoms with Gasteiger partial charge in [-0.3, -0.25) is 29.4 Å². The van der Waals surface area contributed by atoms with E-state index in [1.165, 1.54) is 0 Å². The molecule has 2 aliphatic carbocycles. The molecule has 3 aromatic rings. The standard InChI is InChI=1S/C47H60N8O6/c1-27(2)55(32-21-35(22-32)60-33-11-9-31(10-12-33)41(57)51-37-13-14-40(56)52-42(37)58)26-30-15-17-54(18-16-30)39-25-49-38(24-50-39)43(59)53-44-46(5,6)45(47(44,7)8)61-34-19-28(3)36(23-48)29(4)20-34/h9-12,19-20,24-25,27,30,32,35,37,44-45H,13-18,21-22,26H2,1-8H3,(H,51,57)(H,53,59)(H,52,56,58)/t32-,35-,37?,44-,45-. The summed E-state index contributed by atoms with van der Waals surface area (Å²) in [4.78, 5) is 63.7. The summed E-state index contributed by atoms with van der Waals surface area (Å²) in [5.41, 5.74) is 2.45. The summed E-state index contributed by atoms with van der Waals surface area (Å²) < 4.78 is 12.8. The summed E-state index contributed by atoms with van der Waals surface area (Å²) in [6, 6.07) is 13.0. The summed E-state index contributed by atoms with van der Waals surface area (Å²) in [5.74, 6) is 1.37. The van der Waals surface area contributed by atoms with Crippen LogP contribution < -0.4 is 30.3 Å². The Morgan fingerprint density at radius 3 is 2.15 bits per heavy atom. The minimum atomic E-state index is -0.717. The van der Waals surface area contributed by atoms with E-state index < -0.39 is 11.9 Å². The molecule has 4 amide bonds. The van der Waals surface area contributed by atoms with Gasteiger partial charge >= 0.3 is 0 Å². The number of hydrogen-bond acceptors (Lipinski definition) is 11. The molecular weight excluding hydrogens is 773 g/mol. The normalized spacial score (nSPS) is 24.5. The Bertz CT molecular complexity index is 2130. The third-order valence-electron chi connectivity index (χ3n) is 13.4. The van der Waals surface area contributed by atoms with Gasteiger partial charge < -0.3 is 25.0 Å². The van der Waals surface area contributed by atoms with E-state index in [1.807, 2.05) is 26.0 Å². The fraction of sp³-hybridized carbons (Fsp3) is 0.553. The third kappa shape index (κ3) is 9.22. The van der Waals surface area contributed by atoms with Crippen molar-refractivity contribution in [3.63, 3.8) is 0 Å². The van der Waals surface area contributed by atoms with Crippen LogP contribution in [-0.2, 0) is 9.59 Å². The van der Waals surface area contributed by atoms with Gasteiger partial charge in [0.1, 0.15) is 41.3 Å². The molecule has 14 nitrogen and oxygen atoms in total. The minimum Gasteiger partial charge on any atom is -0.490 e. The van der Waals surface area contributed by atoms with E-state index in [-0.39, 0.29) is 58.9 Å². The quantitative estimate of drug-likeness (QED) is 0.181. The number of ether oxygens (including phenoxy) is 2. The predicted molar refractivity (Wildman–Crippen MR) is 230 cm³/mol. The molecule has 324 valence electrons. The molecule has 2 saturated heterocycles. The van der Waals surface area contributed by atoms with Gasteiger partial charge in [-0.2, -0.15) is 5.26 Å². The van der Waals surface area contributed by atoms with Crippen LogP contribution >= 0.6 is 0 Å². The van der Waals surface area contributed by atoms with E-state index in [2.05, 4.69) is 83.3 Å². The monoisotopic (exact) mass is 832 g/mol. The van der Waals surface area contributed by atoms with Crippen molar-refractivity contribution in [1.82, 2.24) is 30.8 Å². The molecule has 1 unspecified atom stereocenters. The molecule has 61 heavy (non-hydrogen) atoms. The number of aryl methyl sites for hydroxylation is 2. The molecule has 14 heteroatoms. The van der Waals surface area contributed by atoms with Crippen molar-refractivity contribution in [3.05, 3.63) is 76.7 Å². The van der Waals surface area contributed by atoms with Crippen molar-refractivity contribution in [2.24, 2.45) is 16.7 Å². The zero-order valence-electron chi connectivity index (χ0n) is 36.7. The van der Waals surface area contributed by atoms with Crippen LogP contribution in [0.1, 0.15) is 118 Å². The van der Waals surface area contributed by atoms with Crippen molar-refractivity contribution < 1.29 is 28.7 Å².